The van der Waals surface area contributed by atoms with Crippen molar-refractivity contribution in [2.45, 2.75) is 24.7 Å². The molecule has 0 radical (unpaired) electrons. The van der Waals surface area contributed by atoms with Crippen molar-refractivity contribution < 1.29 is 14.3 Å². The molecule has 6 heteroatoms. The van der Waals surface area contributed by atoms with Crippen LogP contribution in [-0.4, -0.2) is 85.2 Å². The van der Waals surface area contributed by atoms with Crippen LogP contribution in [0.3, 0.4) is 0 Å². The van der Waals surface area contributed by atoms with E-state index < -0.39 is 5.41 Å². The summed E-state index contributed by atoms with van der Waals surface area (Å²) in [5, 5.41) is 9.92. The molecule has 1 amide bonds. The molecule has 0 bridgehead atoms. The number of aliphatic hydroxyl groups is 1. The molecule has 2 saturated heterocycles. The summed E-state index contributed by atoms with van der Waals surface area (Å²) in [6, 6.07) is 6.40. The summed E-state index contributed by atoms with van der Waals surface area (Å²) in [7, 11) is 2.17. The fourth-order valence-electron chi connectivity index (χ4n) is 4.96. The largest absolute Gasteiger partial charge is 0.396 e. The van der Waals surface area contributed by atoms with Gasteiger partial charge in [0.2, 0.25) is 5.91 Å². The molecule has 2 unspecified atom stereocenters. The summed E-state index contributed by atoms with van der Waals surface area (Å²) in [6.45, 7) is 6.79. The van der Waals surface area contributed by atoms with Gasteiger partial charge in [-0.25, -0.2) is 4.39 Å². The molecule has 1 N–H and O–H groups in total. The number of aliphatic hydroxyl groups excluding tert-OH is 1. The number of carbonyl (C=O) groups is 1. The van der Waals surface area contributed by atoms with Crippen molar-refractivity contribution in [1.82, 2.24) is 14.7 Å². The zero-order valence-electron chi connectivity index (χ0n) is 16.8. The van der Waals surface area contributed by atoms with Crippen molar-refractivity contribution in [3.63, 3.8) is 0 Å². The Bertz CT molecular complexity index is 692. The van der Waals surface area contributed by atoms with Crippen molar-refractivity contribution in [3.05, 3.63) is 35.6 Å². The Kier molecular flexibility index (Phi) is 5.72. The van der Waals surface area contributed by atoms with E-state index >= 15 is 0 Å². The summed E-state index contributed by atoms with van der Waals surface area (Å²) >= 11 is 0. The highest BCUT2D eigenvalue weighted by molar-refractivity contribution is 5.91. The van der Waals surface area contributed by atoms with Crippen LogP contribution in [0, 0.1) is 17.7 Å². The number of nitrogens with zero attached hydrogens (tertiary/aromatic N) is 3. The van der Waals surface area contributed by atoms with E-state index in [1.807, 2.05) is 4.90 Å². The molecule has 0 spiro atoms. The van der Waals surface area contributed by atoms with Crippen LogP contribution in [0.15, 0.2) is 24.3 Å². The van der Waals surface area contributed by atoms with Crippen LogP contribution in [0.5, 0.6) is 0 Å². The number of hydrogen-bond donors (Lipinski definition) is 1. The fourth-order valence-corrected chi connectivity index (χ4v) is 4.96. The van der Waals surface area contributed by atoms with Crippen molar-refractivity contribution in [2.75, 3.05) is 59.5 Å². The fraction of sp³-hybridized carbons (Fsp3) is 0.682. The zero-order valence-corrected chi connectivity index (χ0v) is 16.8. The molecule has 4 rings (SSSR count). The maximum absolute atomic E-state index is 13.3. The summed E-state index contributed by atoms with van der Waals surface area (Å²) in [5.41, 5.74) is 0.465. The topological polar surface area (TPSA) is 47.0 Å². The van der Waals surface area contributed by atoms with E-state index in [0.29, 0.717) is 12.5 Å². The van der Waals surface area contributed by atoms with Gasteiger partial charge in [0.25, 0.3) is 0 Å². The predicted molar refractivity (Wildman–Crippen MR) is 107 cm³/mol. The smallest absolute Gasteiger partial charge is 0.233 e. The van der Waals surface area contributed by atoms with Crippen LogP contribution in [-0.2, 0) is 10.2 Å². The van der Waals surface area contributed by atoms with Crippen LogP contribution in [0.1, 0.15) is 24.8 Å². The Hall–Kier alpha value is -1.50. The standard InChI is InChI=1S/C22H32FN3O2/c1-24-9-2-10-25(12-11-24)13-17-14-26(15-18(17)16-27)21(28)22(7-8-22)19-3-5-20(23)6-4-19/h3-6,17-18,27H,2,7-16H2,1H3. The van der Waals surface area contributed by atoms with Gasteiger partial charge in [0.15, 0.2) is 0 Å². The number of rotatable bonds is 5. The Morgan fingerprint density at radius 3 is 2.50 bits per heavy atom. The second-order valence-electron chi connectivity index (χ2n) is 8.96. The minimum atomic E-state index is -0.464. The lowest BCUT2D eigenvalue weighted by Gasteiger charge is -2.26. The quantitative estimate of drug-likeness (QED) is 0.830. The molecule has 1 aromatic carbocycles. The Morgan fingerprint density at radius 2 is 1.82 bits per heavy atom. The number of likely N-dealkylation sites (N-methyl/N-ethyl adjacent to an activating group) is 1. The number of amides is 1. The molecule has 28 heavy (non-hydrogen) atoms. The molecule has 2 atom stereocenters. The molecule has 3 fully saturated rings. The average molecular weight is 390 g/mol. The molecule has 2 aliphatic heterocycles. The van der Waals surface area contributed by atoms with Crippen molar-refractivity contribution in [3.8, 4) is 0 Å². The van der Waals surface area contributed by atoms with Crippen LogP contribution in [0.2, 0.25) is 0 Å². The van der Waals surface area contributed by atoms with Crippen molar-refractivity contribution in [1.29, 1.82) is 0 Å². The van der Waals surface area contributed by atoms with E-state index in [2.05, 4.69) is 16.8 Å². The first kappa shape index (κ1) is 19.8. The predicted octanol–water partition coefficient (Wildman–Crippen LogP) is 1.56. The first-order valence-corrected chi connectivity index (χ1v) is 10.6. The van der Waals surface area contributed by atoms with Gasteiger partial charge in [0.1, 0.15) is 5.82 Å². The number of hydrogen-bond acceptors (Lipinski definition) is 4. The third-order valence-corrected chi connectivity index (χ3v) is 6.96. The number of likely N-dealkylation sites (tertiary alicyclic amines) is 1. The average Bonchev–Trinajstić information content (AvgIpc) is 3.44. The van der Waals surface area contributed by atoms with E-state index in [-0.39, 0.29) is 24.2 Å². The SMILES string of the molecule is CN1CCCN(CC2CN(C(=O)C3(c4ccc(F)cc4)CC3)CC2CO)CC1. The summed E-state index contributed by atoms with van der Waals surface area (Å²) in [5.74, 6) is 0.364. The lowest BCUT2D eigenvalue weighted by molar-refractivity contribution is -0.133. The summed E-state index contributed by atoms with van der Waals surface area (Å²) in [4.78, 5) is 20.2. The molecule has 1 saturated carbocycles. The second kappa shape index (κ2) is 8.09. The maximum atomic E-state index is 13.3. The number of benzene rings is 1. The monoisotopic (exact) mass is 389 g/mol. The van der Waals surface area contributed by atoms with Crippen molar-refractivity contribution in [2.24, 2.45) is 11.8 Å². The normalized spacial score (nSPS) is 28.3. The zero-order chi connectivity index (χ0) is 19.7. The third kappa shape index (κ3) is 3.95. The van der Waals surface area contributed by atoms with E-state index in [9.17, 15) is 14.3 Å². The highest BCUT2D eigenvalue weighted by Crippen LogP contribution is 2.50. The van der Waals surface area contributed by atoms with Crippen LogP contribution >= 0.6 is 0 Å². The molecule has 1 aromatic rings. The van der Waals surface area contributed by atoms with Gasteiger partial charge >= 0.3 is 0 Å². The first-order valence-electron chi connectivity index (χ1n) is 10.6. The Labute approximate surface area is 167 Å². The van der Waals surface area contributed by atoms with Gasteiger partial charge in [0, 0.05) is 45.2 Å². The molecule has 1 aliphatic carbocycles. The van der Waals surface area contributed by atoms with Gasteiger partial charge in [-0.1, -0.05) is 12.1 Å². The lowest BCUT2D eigenvalue weighted by atomic mass is 9.94. The Balaban J connectivity index is 1.42. The summed E-state index contributed by atoms with van der Waals surface area (Å²) < 4.78 is 13.3. The van der Waals surface area contributed by atoms with Gasteiger partial charge in [0.05, 0.1) is 5.41 Å². The van der Waals surface area contributed by atoms with E-state index in [4.69, 9.17) is 0 Å². The Morgan fingerprint density at radius 1 is 1.11 bits per heavy atom. The van der Waals surface area contributed by atoms with Gasteiger partial charge in [-0.15, -0.1) is 0 Å². The molecule has 2 heterocycles. The second-order valence-corrected chi connectivity index (χ2v) is 8.96. The third-order valence-electron chi connectivity index (χ3n) is 6.96. The van der Waals surface area contributed by atoms with Gasteiger partial charge in [-0.2, -0.15) is 0 Å². The molecule has 3 aliphatic rings. The molecular formula is C22H32FN3O2. The van der Waals surface area contributed by atoms with Gasteiger partial charge < -0.3 is 19.8 Å². The minimum Gasteiger partial charge on any atom is -0.396 e. The first-order chi connectivity index (χ1) is 13.5. The maximum Gasteiger partial charge on any atom is 0.233 e. The summed E-state index contributed by atoms with van der Waals surface area (Å²) in [6.07, 6.45) is 2.84. The minimum absolute atomic E-state index is 0.131. The lowest BCUT2D eigenvalue weighted by Crippen LogP contribution is -2.39. The van der Waals surface area contributed by atoms with E-state index in [1.165, 1.54) is 18.6 Å². The van der Waals surface area contributed by atoms with Gasteiger partial charge in [-0.05, 0) is 63.0 Å². The number of halogens is 1. The van der Waals surface area contributed by atoms with Crippen LogP contribution in [0.25, 0.3) is 0 Å². The van der Waals surface area contributed by atoms with Crippen LogP contribution < -0.4 is 0 Å². The molecule has 154 valence electrons. The number of carbonyl (C=O) groups excluding carboxylic acids is 1. The van der Waals surface area contributed by atoms with E-state index in [0.717, 1.165) is 57.7 Å². The highest BCUT2D eigenvalue weighted by Gasteiger charge is 2.54. The molecule has 0 aromatic heterocycles. The van der Waals surface area contributed by atoms with Gasteiger partial charge in [-0.3, -0.25) is 4.79 Å². The van der Waals surface area contributed by atoms with Crippen LogP contribution in [0.4, 0.5) is 4.39 Å². The molecule has 5 nitrogen and oxygen atoms in total. The van der Waals surface area contributed by atoms with Crippen molar-refractivity contribution >= 4 is 5.91 Å². The molecular weight excluding hydrogens is 357 g/mol. The highest BCUT2D eigenvalue weighted by atomic mass is 19.1. The van der Waals surface area contributed by atoms with E-state index in [1.54, 1.807) is 12.1 Å².